The summed E-state index contributed by atoms with van der Waals surface area (Å²) in [4.78, 5) is 16.4. The van der Waals surface area contributed by atoms with Crippen molar-refractivity contribution in [1.82, 2.24) is 10.3 Å². The molecule has 3 rings (SSSR count). The second kappa shape index (κ2) is 7.20. The molecule has 2 aliphatic heterocycles. The van der Waals surface area contributed by atoms with Crippen LogP contribution in [0.5, 0.6) is 0 Å². The molecule has 2 atom stereocenters. The van der Waals surface area contributed by atoms with Gasteiger partial charge in [0, 0.05) is 38.4 Å². The molecule has 1 amide bonds. The van der Waals surface area contributed by atoms with E-state index in [1.165, 1.54) is 0 Å². The van der Waals surface area contributed by atoms with Crippen molar-refractivity contribution in [3.63, 3.8) is 0 Å². The van der Waals surface area contributed by atoms with Crippen LogP contribution in [0.25, 0.3) is 0 Å². The summed E-state index contributed by atoms with van der Waals surface area (Å²) in [7, 11) is 0. The highest BCUT2D eigenvalue weighted by molar-refractivity contribution is 5.73. The average molecular weight is 304 g/mol. The summed E-state index contributed by atoms with van der Waals surface area (Å²) in [6.07, 6.45) is 4.07. The quantitative estimate of drug-likeness (QED) is 0.927. The van der Waals surface area contributed by atoms with Crippen LogP contribution in [-0.4, -0.2) is 36.8 Å². The van der Waals surface area contributed by atoms with Gasteiger partial charge in [-0.25, -0.2) is 0 Å². The number of nitrogens with one attached hydrogen (secondary N) is 1. The molecule has 2 aliphatic rings. The maximum absolute atomic E-state index is 11.6. The zero-order chi connectivity index (χ0) is 15.4. The molecule has 2 fully saturated rings. The second-order valence-corrected chi connectivity index (χ2v) is 6.10. The van der Waals surface area contributed by atoms with Gasteiger partial charge >= 0.3 is 0 Å². The van der Waals surface area contributed by atoms with Gasteiger partial charge in [0.15, 0.2) is 0 Å². The van der Waals surface area contributed by atoms with E-state index in [1.807, 2.05) is 12.1 Å². The third-order valence-electron chi connectivity index (χ3n) is 4.45. The minimum absolute atomic E-state index is 0.0290. The smallest absolute Gasteiger partial charge is 0.217 e. The van der Waals surface area contributed by atoms with E-state index in [0.29, 0.717) is 5.92 Å². The Bertz CT molecular complexity index is 508. The summed E-state index contributed by atoms with van der Waals surface area (Å²) in [5.41, 5.74) is 2.01. The van der Waals surface area contributed by atoms with Crippen LogP contribution >= 0.6 is 0 Å². The number of aromatic nitrogens is 1. The Labute approximate surface area is 131 Å². The number of carbonyl (C=O) groups excluding carboxylic acids is 1. The molecule has 0 aromatic carbocycles. The molecule has 0 aliphatic carbocycles. The lowest BCUT2D eigenvalue weighted by atomic mass is 9.95. The summed E-state index contributed by atoms with van der Waals surface area (Å²) in [5, 5.41) is 3.02. The average Bonchev–Trinajstić information content (AvgIpc) is 3.08. The van der Waals surface area contributed by atoms with Gasteiger partial charge in [-0.2, -0.15) is 0 Å². The van der Waals surface area contributed by atoms with Crippen molar-refractivity contribution in [1.29, 1.82) is 0 Å². The lowest BCUT2D eigenvalue weighted by Crippen LogP contribution is -2.35. The van der Waals surface area contributed by atoms with E-state index >= 15 is 0 Å². The Kier molecular flexibility index (Phi) is 5.05. The molecule has 2 unspecified atom stereocenters. The van der Waals surface area contributed by atoms with Gasteiger partial charge in [-0.3, -0.25) is 9.78 Å². The molecule has 2 saturated heterocycles. The second-order valence-electron chi connectivity index (χ2n) is 6.10. The first kappa shape index (κ1) is 15.4. The Morgan fingerprint density at radius 3 is 2.77 bits per heavy atom. The first-order valence-corrected chi connectivity index (χ1v) is 8.17. The molecule has 5 heteroatoms. The zero-order valence-corrected chi connectivity index (χ0v) is 13.1. The van der Waals surface area contributed by atoms with Crippen molar-refractivity contribution in [2.24, 2.45) is 0 Å². The molecule has 5 nitrogen and oxygen atoms in total. The Hall–Kier alpha value is -1.46. The first-order chi connectivity index (χ1) is 10.7. The van der Waals surface area contributed by atoms with Gasteiger partial charge in [0.2, 0.25) is 5.91 Å². The normalized spacial score (nSPS) is 24.1. The van der Waals surface area contributed by atoms with Gasteiger partial charge < -0.3 is 14.8 Å². The zero-order valence-electron chi connectivity index (χ0n) is 13.1. The summed E-state index contributed by atoms with van der Waals surface area (Å²) >= 11 is 0. The third-order valence-corrected chi connectivity index (χ3v) is 4.45. The minimum Gasteiger partial charge on any atom is -0.381 e. The van der Waals surface area contributed by atoms with Crippen molar-refractivity contribution in [3.05, 3.63) is 29.6 Å². The molecule has 1 aromatic rings. The number of rotatable bonds is 4. The Balaban J connectivity index is 1.81. The van der Waals surface area contributed by atoms with Gasteiger partial charge in [0.25, 0.3) is 0 Å². The van der Waals surface area contributed by atoms with E-state index in [1.54, 1.807) is 6.92 Å². The van der Waals surface area contributed by atoms with Gasteiger partial charge in [0.1, 0.15) is 0 Å². The van der Waals surface area contributed by atoms with E-state index in [4.69, 9.17) is 14.5 Å². The lowest BCUT2D eigenvalue weighted by molar-refractivity contribution is -0.120. The fourth-order valence-corrected chi connectivity index (χ4v) is 3.30. The predicted molar refractivity (Wildman–Crippen MR) is 82.6 cm³/mol. The molecule has 22 heavy (non-hydrogen) atoms. The van der Waals surface area contributed by atoms with Crippen molar-refractivity contribution in [2.45, 2.75) is 50.7 Å². The number of pyridine rings is 1. The maximum Gasteiger partial charge on any atom is 0.217 e. The molecule has 0 bridgehead atoms. The molecule has 120 valence electrons. The molecule has 0 spiro atoms. The standard InChI is InChI=1S/C17H24N2O3/c1-12(20)18-17(16-6-3-9-22-16)15-5-2-4-14(19-15)13-7-10-21-11-8-13/h2,4-5,13,16-17H,3,6-11H2,1H3,(H,18,20). The van der Waals surface area contributed by atoms with Crippen LogP contribution in [0.15, 0.2) is 18.2 Å². The van der Waals surface area contributed by atoms with Crippen LogP contribution < -0.4 is 5.32 Å². The summed E-state index contributed by atoms with van der Waals surface area (Å²) in [5.74, 6) is 0.412. The van der Waals surface area contributed by atoms with E-state index in [0.717, 1.165) is 56.9 Å². The highest BCUT2D eigenvalue weighted by Gasteiger charge is 2.29. The number of carbonyl (C=O) groups is 1. The predicted octanol–water partition coefficient (Wildman–Crippen LogP) is 2.33. The van der Waals surface area contributed by atoms with Crippen LogP contribution in [0.2, 0.25) is 0 Å². The Morgan fingerprint density at radius 2 is 2.09 bits per heavy atom. The third kappa shape index (κ3) is 3.65. The fourth-order valence-electron chi connectivity index (χ4n) is 3.30. The van der Waals surface area contributed by atoms with E-state index in [-0.39, 0.29) is 18.1 Å². The van der Waals surface area contributed by atoms with E-state index in [9.17, 15) is 4.79 Å². The molecule has 3 heterocycles. The highest BCUT2D eigenvalue weighted by Crippen LogP contribution is 2.29. The molecule has 0 saturated carbocycles. The summed E-state index contributed by atoms with van der Waals surface area (Å²) in [6.45, 7) is 3.92. The molecule has 0 radical (unpaired) electrons. The number of amides is 1. The van der Waals surface area contributed by atoms with Crippen molar-refractivity contribution in [3.8, 4) is 0 Å². The minimum atomic E-state index is -0.153. The van der Waals surface area contributed by atoms with Gasteiger partial charge in [-0.1, -0.05) is 6.07 Å². The highest BCUT2D eigenvalue weighted by atomic mass is 16.5. The van der Waals surface area contributed by atoms with Crippen molar-refractivity contribution >= 4 is 5.91 Å². The van der Waals surface area contributed by atoms with Crippen LogP contribution in [0.3, 0.4) is 0 Å². The topological polar surface area (TPSA) is 60.5 Å². The van der Waals surface area contributed by atoms with Gasteiger partial charge in [-0.15, -0.1) is 0 Å². The van der Waals surface area contributed by atoms with Crippen LogP contribution in [0.1, 0.15) is 56.0 Å². The number of nitrogens with zero attached hydrogens (tertiary/aromatic N) is 1. The van der Waals surface area contributed by atoms with E-state index in [2.05, 4.69) is 11.4 Å². The number of hydrogen-bond acceptors (Lipinski definition) is 4. The monoisotopic (exact) mass is 304 g/mol. The summed E-state index contributed by atoms with van der Waals surface area (Å²) < 4.78 is 11.2. The van der Waals surface area contributed by atoms with Gasteiger partial charge in [0.05, 0.1) is 17.8 Å². The van der Waals surface area contributed by atoms with Crippen molar-refractivity contribution < 1.29 is 14.3 Å². The molecular weight excluding hydrogens is 280 g/mol. The molecule has 1 aromatic heterocycles. The molecular formula is C17H24N2O3. The van der Waals surface area contributed by atoms with Crippen LogP contribution in [-0.2, 0) is 14.3 Å². The largest absolute Gasteiger partial charge is 0.381 e. The lowest BCUT2D eigenvalue weighted by Gasteiger charge is -2.26. The first-order valence-electron chi connectivity index (χ1n) is 8.17. The summed E-state index contributed by atoms with van der Waals surface area (Å²) in [6, 6.07) is 5.96. The fraction of sp³-hybridized carbons (Fsp3) is 0.647. The van der Waals surface area contributed by atoms with Crippen LogP contribution in [0.4, 0.5) is 0 Å². The maximum atomic E-state index is 11.6. The van der Waals surface area contributed by atoms with Gasteiger partial charge in [-0.05, 0) is 37.8 Å². The molecule has 1 N–H and O–H groups in total. The number of ether oxygens (including phenoxy) is 2. The SMILES string of the molecule is CC(=O)NC(c1cccc(C2CCOCC2)n1)C1CCCO1. The number of hydrogen-bond donors (Lipinski definition) is 1. The van der Waals surface area contributed by atoms with E-state index < -0.39 is 0 Å². The van der Waals surface area contributed by atoms with Crippen LogP contribution in [0, 0.1) is 0 Å². The van der Waals surface area contributed by atoms with Crippen molar-refractivity contribution in [2.75, 3.05) is 19.8 Å². The Morgan fingerprint density at radius 1 is 1.27 bits per heavy atom.